The van der Waals surface area contributed by atoms with Gasteiger partial charge in [-0.1, -0.05) is 23.5 Å². The van der Waals surface area contributed by atoms with Crippen molar-refractivity contribution in [2.45, 2.75) is 19.9 Å². The number of para-hydroxylation sites is 1. The van der Waals surface area contributed by atoms with E-state index in [-0.39, 0.29) is 11.9 Å². The predicted molar refractivity (Wildman–Crippen MR) is 78.8 cm³/mol. The highest BCUT2D eigenvalue weighted by molar-refractivity contribution is 7.15. The monoisotopic (exact) mass is 279 g/mol. The molecule has 0 aliphatic rings. The van der Waals surface area contributed by atoms with E-state index in [1.807, 2.05) is 27.1 Å². The normalized spacial score (nSPS) is 12.5. The largest absolute Gasteiger partial charge is 0.318 e. The first-order chi connectivity index (χ1) is 9.04. The predicted octanol–water partition coefficient (Wildman–Crippen LogP) is 3.64. The summed E-state index contributed by atoms with van der Waals surface area (Å²) in [5.74, 6) is -0.235. The molecule has 0 fully saturated rings. The summed E-state index contributed by atoms with van der Waals surface area (Å²) >= 11 is 1.59. The average molecular weight is 279 g/mol. The lowest BCUT2D eigenvalue weighted by molar-refractivity contribution is 0.627. The van der Waals surface area contributed by atoms with Crippen LogP contribution >= 0.6 is 11.3 Å². The van der Waals surface area contributed by atoms with E-state index < -0.39 is 0 Å². The Morgan fingerprint density at radius 1 is 1.37 bits per heavy atom. The second-order valence-corrected chi connectivity index (χ2v) is 5.48. The van der Waals surface area contributed by atoms with E-state index in [1.165, 1.54) is 10.9 Å². The van der Waals surface area contributed by atoms with Crippen LogP contribution in [0.15, 0.2) is 24.3 Å². The first-order valence-electron chi connectivity index (χ1n) is 6.17. The zero-order valence-electron chi connectivity index (χ0n) is 11.6. The van der Waals surface area contributed by atoms with Gasteiger partial charge in [-0.15, -0.1) is 0 Å². The van der Waals surface area contributed by atoms with Crippen molar-refractivity contribution in [1.29, 1.82) is 0 Å². The van der Waals surface area contributed by atoms with E-state index in [9.17, 15) is 4.39 Å². The zero-order valence-corrected chi connectivity index (χ0v) is 12.4. The number of aromatic nitrogens is 1. The lowest BCUT2D eigenvalue weighted by atomic mass is 10.2. The maximum absolute atomic E-state index is 13.8. The molecule has 2 rings (SSSR count). The molecule has 102 valence electrons. The molecule has 1 atom stereocenters. The number of halogens is 1. The van der Waals surface area contributed by atoms with Crippen molar-refractivity contribution in [2.24, 2.45) is 0 Å². The van der Waals surface area contributed by atoms with Crippen LogP contribution in [0.3, 0.4) is 0 Å². The van der Waals surface area contributed by atoms with Crippen molar-refractivity contribution >= 4 is 22.2 Å². The van der Waals surface area contributed by atoms with Gasteiger partial charge in [0.05, 0.1) is 11.4 Å². The minimum Gasteiger partial charge on any atom is -0.318 e. The summed E-state index contributed by atoms with van der Waals surface area (Å²) in [4.78, 5) is 7.51. The van der Waals surface area contributed by atoms with Crippen molar-refractivity contribution in [1.82, 2.24) is 10.3 Å². The third-order valence-corrected chi connectivity index (χ3v) is 4.56. The highest BCUT2D eigenvalue weighted by atomic mass is 32.1. The fraction of sp³-hybridized carbons (Fsp3) is 0.357. The van der Waals surface area contributed by atoms with Crippen LogP contribution in [0, 0.1) is 12.7 Å². The molecule has 1 unspecified atom stereocenters. The van der Waals surface area contributed by atoms with Crippen LogP contribution in [0.2, 0.25) is 0 Å². The molecule has 0 saturated heterocycles. The van der Waals surface area contributed by atoms with Crippen molar-refractivity contribution in [3.63, 3.8) is 0 Å². The molecule has 0 amide bonds. The summed E-state index contributed by atoms with van der Waals surface area (Å²) in [6, 6.07) is 6.98. The molecule has 0 aliphatic heterocycles. The number of nitrogens with zero attached hydrogens (tertiary/aromatic N) is 2. The van der Waals surface area contributed by atoms with Gasteiger partial charge < -0.3 is 10.2 Å². The summed E-state index contributed by atoms with van der Waals surface area (Å²) in [5, 5.41) is 4.01. The molecule has 0 spiro atoms. The Bertz CT molecular complexity index is 568. The molecule has 3 nitrogen and oxygen atoms in total. The van der Waals surface area contributed by atoms with Gasteiger partial charge in [0.15, 0.2) is 5.13 Å². The van der Waals surface area contributed by atoms with Gasteiger partial charge in [-0.05, 0) is 33.0 Å². The van der Waals surface area contributed by atoms with Crippen molar-refractivity contribution in [3.05, 3.63) is 40.7 Å². The van der Waals surface area contributed by atoms with E-state index in [0.29, 0.717) is 5.69 Å². The Kier molecular flexibility index (Phi) is 4.17. The van der Waals surface area contributed by atoms with Crippen LogP contribution in [-0.4, -0.2) is 19.1 Å². The summed E-state index contributed by atoms with van der Waals surface area (Å²) in [6.45, 7) is 4.08. The Balaban J connectivity index is 2.35. The Hall–Kier alpha value is -1.46. The van der Waals surface area contributed by atoms with E-state index in [0.717, 1.165) is 10.8 Å². The summed E-state index contributed by atoms with van der Waals surface area (Å²) in [5.41, 5.74) is 1.53. The highest BCUT2D eigenvalue weighted by Crippen LogP contribution is 2.34. The van der Waals surface area contributed by atoms with Crippen LogP contribution in [0.1, 0.15) is 23.5 Å². The first kappa shape index (κ1) is 14.0. The van der Waals surface area contributed by atoms with E-state index >= 15 is 0 Å². The van der Waals surface area contributed by atoms with Gasteiger partial charge in [0.2, 0.25) is 0 Å². The van der Waals surface area contributed by atoms with Gasteiger partial charge in [0.1, 0.15) is 5.82 Å². The number of anilines is 2. The SMILES string of the molecule is CNC(C)c1sc(N(C)c2ccccc2F)nc1C. The van der Waals surface area contributed by atoms with Gasteiger partial charge >= 0.3 is 0 Å². The number of aryl methyl sites for hydroxylation is 1. The van der Waals surface area contributed by atoms with Crippen LogP contribution < -0.4 is 10.2 Å². The highest BCUT2D eigenvalue weighted by Gasteiger charge is 2.17. The first-order valence-corrected chi connectivity index (χ1v) is 6.99. The van der Waals surface area contributed by atoms with Gasteiger partial charge in [0, 0.05) is 18.0 Å². The minimum absolute atomic E-state index is 0.235. The van der Waals surface area contributed by atoms with Gasteiger partial charge in [-0.3, -0.25) is 0 Å². The van der Waals surface area contributed by atoms with Crippen molar-refractivity contribution < 1.29 is 4.39 Å². The second-order valence-electron chi connectivity index (χ2n) is 4.47. The number of hydrogen-bond donors (Lipinski definition) is 1. The van der Waals surface area contributed by atoms with E-state index in [1.54, 1.807) is 28.4 Å². The molecule has 1 N–H and O–H groups in total. The standard InChI is InChI=1S/C14H18FN3S/c1-9(16-3)13-10(2)17-14(19-13)18(4)12-8-6-5-7-11(12)15/h5-9,16H,1-4H3. The third-order valence-electron chi connectivity index (χ3n) is 3.15. The molecule has 5 heteroatoms. The minimum atomic E-state index is -0.235. The molecule has 19 heavy (non-hydrogen) atoms. The fourth-order valence-corrected chi connectivity index (χ4v) is 3.00. The average Bonchev–Trinajstić information content (AvgIpc) is 2.80. The van der Waals surface area contributed by atoms with Crippen molar-refractivity contribution in [2.75, 3.05) is 19.0 Å². The third kappa shape index (κ3) is 2.77. The van der Waals surface area contributed by atoms with E-state index in [4.69, 9.17) is 0 Å². The summed E-state index contributed by atoms with van der Waals surface area (Å²) in [6.07, 6.45) is 0. The summed E-state index contributed by atoms with van der Waals surface area (Å²) in [7, 11) is 3.76. The Labute approximate surface area is 117 Å². The molecule has 0 bridgehead atoms. The number of rotatable bonds is 4. The maximum Gasteiger partial charge on any atom is 0.190 e. The molecule has 0 saturated carbocycles. The molecule has 0 aliphatic carbocycles. The molecule has 1 aromatic heterocycles. The van der Waals surface area contributed by atoms with Crippen LogP contribution in [0.5, 0.6) is 0 Å². The lowest BCUT2D eigenvalue weighted by Crippen LogP contribution is -2.11. The molecule has 1 heterocycles. The van der Waals surface area contributed by atoms with Crippen LogP contribution in [0.4, 0.5) is 15.2 Å². The van der Waals surface area contributed by atoms with Gasteiger partial charge in [0.25, 0.3) is 0 Å². The molecule has 0 radical (unpaired) electrons. The quantitative estimate of drug-likeness (QED) is 0.926. The Morgan fingerprint density at radius 2 is 2.05 bits per heavy atom. The van der Waals surface area contributed by atoms with Gasteiger partial charge in [-0.25, -0.2) is 9.37 Å². The molecular weight excluding hydrogens is 261 g/mol. The summed E-state index contributed by atoms with van der Waals surface area (Å²) < 4.78 is 13.8. The lowest BCUT2D eigenvalue weighted by Gasteiger charge is -2.16. The molecule has 1 aromatic carbocycles. The topological polar surface area (TPSA) is 28.2 Å². The van der Waals surface area contributed by atoms with Crippen LogP contribution in [0.25, 0.3) is 0 Å². The number of thiazole rings is 1. The maximum atomic E-state index is 13.8. The van der Waals surface area contributed by atoms with Crippen molar-refractivity contribution in [3.8, 4) is 0 Å². The smallest absolute Gasteiger partial charge is 0.190 e. The Morgan fingerprint density at radius 3 is 2.68 bits per heavy atom. The second kappa shape index (κ2) is 5.67. The molecular formula is C14H18FN3S. The zero-order chi connectivity index (χ0) is 14.0. The number of nitrogens with one attached hydrogen (secondary N) is 1. The number of benzene rings is 1. The van der Waals surface area contributed by atoms with Gasteiger partial charge in [-0.2, -0.15) is 0 Å². The van der Waals surface area contributed by atoms with Crippen LogP contribution in [-0.2, 0) is 0 Å². The number of hydrogen-bond acceptors (Lipinski definition) is 4. The fourth-order valence-electron chi connectivity index (χ4n) is 1.90. The molecule has 2 aromatic rings. The van der Waals surface area contributed by atoms with E-state index in [2.05, 4.69) is 17.2 Å².